The highest BCUT2D eigenvalue weighted by Gasteiger charge is 2.37. The Bertz CT molecular complexity index is 262. The molecule has 5 heteroatoms. The molecular formula is C10H18N2OS2. The molecule has 15 heavy (non-hydrogen) atoms. The summed E-state index contributed by atoms with van der Waals surface area (Å²) in [7, 11) is 0. The van der Waals surface area contributed by atoms with E-state index >= 15 is 0 Å². The van der Waals surface area contributed by atoms with Gasteiger partial charge in [0.1, 0.15) is 0 Å². The maximum Gasteiger partial charge on any atom is 0.236 e. The molecule has 1 saturated heterocycles. The van der Waals surface area contributed by atoms with Crippen LogP contribution in [0.2, 0.25) is 0 Å². The zero-order valence-corrected chi connectivity index (χ0v) is 10.8. The standard InChI is InChI=1S/C10H18N2OS2/c1-7(6-8(11)14)12-9(13)10(2)4-3-5-15-10/h7H,3-6H2,1-2H3,(H2,11,14)(H,12,13). The van der Waals surface area contributed by atoms with Crippen LogP contribution < -0.4 is 11.1 Å². The molecule has 0 radical (unpaired) electrons. The number of thioether (sulfide) groups is 1. The average molecular weight is 246 g/mol. The quantitative estimate of drug-likeness (QED) is 0.737. The van der Waals surface area contributed by atoms with Crippen LogP contribution in [-0.2, 0) is 4.79 Å². The highest BCUT2D eigenvalue weighted by molar-refractivity contribution is 8.01. The smallest absolute Gasteiger partial charge is 0.236 e. The maximum atomic E-state index is 11.9. The van der Waals surface area contributed by atoms with Crippen molar-refractivity contribution in [3.8, 4) is 0 Å². The Morgan fingerprint density at radius 1 is 1.73 bits per heavy atom. The number of amides is 1. The third-order valence-electron chi connectivity index (χ3n) is 2.58. The third-order valence-corrected chi connectivity index (χ3v) is 4.27. The summed E-state index contributed by atoms with van der Waals surface area (Å²) in [5, 5.41) is 2.97. The first kappa shape index (κ1) is 12.8. The van der Waals surface area contributed by atoms with Crippen molar-refractivity contribution >= 4 is 34.9 Å². The number of hydrogen-bond acceptors (Lipinski definition) is 3. The Balaban J connectivity index is 2.44. The number of hydrogen-bond donors (Lipinski definition) is 2. The van der Waals surface area contributed by atoms with E-state index in [-0.39, 0.29) is 16.7 Å². The number of thiocarbonyl (C=S) groups is 1. The summed E-state index contributed by atoms with van der Waals surface area (Å²) in [6.45, 7) is 3.94. The highest BCUT2D eigenvalue weighted by Crippen LogP contribution is 2.37. The molecule has 1 heterocycles. The van der Waals surface area contributed by atoms with E-state index in [1.165, 1.54) is 0 Å². The number of rotatable bonds is 4. The lowest BCUT2D eigenvalue weighted by Crippen LogP contribution is -2.45. The van der Waals surface area contributed by atoms with Gasteiger partial charge in [0, 0.05) is 12.5 Å². The summed E-state index contributed by atoms with van der Waals surface area (Å²) in [6.07, 6.45) is 2.66. The third kappa shape index (κ3) is 3.65. The van der Waals surface area contributed by atoms with Crippen LogP contribution in [-0.4, -0.2) is 27.4 Å². The topological polar surface area (TPSA) is 55.1 Å². The number of carbonyl (C=O) groups is 1. The van der Waals surface area contributed by atoms with Crippen molar-refractivity contribution in [2.45, 2.75) is 43.9 Å². The molecule has 1 aliphatic rings. The van der Waals surface area contributed by atoms with E-state index in [1.54, 1.807) is 11.8 Å². The minimum atomic E-state index is -0.246. The van der Waals surface area contributed by atoms with Crippen molar-refractivity contribution in [1.82, 2.24) is 5.32 Å². The predicted octanol–water partition coefficient (Wildman–Crippen LogP) is 1.45. The highest BCUT2D eigenvalue weighted by atomic mass is 32.2. The van der Waals surface area contributed by atoms with Gasteiger partial charge < -0.3 is 11.1 Å². The molecule has 0 bridgehead atoms. The van der Waals surface area contributed by atoms with Crippen molar-refractivity contribution in [1.29, 1.82) is 0 Å². The zero-order valence-electron chi connectivity index (χ0n) is 9.21. The largest absolute Gasteiger partial charge is 0.393 e. The van der Waals surface area contributed by atoms with Crippen molar-refractivity contribution in [3.05, 3.63) is 0 Å². The molecule has 0 aromatic heterocycles. The molecule has 1 fully saturated rings. The molecule has 0 aromatic rings. The van der Waals surface area contributed by atoms with Crippen LogP contribution in [0.1, 0.15) is 33.1 Å². The van der Waals surface area contributed by atoms with E-state index in [0.29, 0.717) is 11.4 Å². The summed E-state index contributed by atoms with van der Waals surface area (Å²) in [6, 6.07) is 0.0352. The monoisotopic (exact) mass is 246 g/mol. The van der Waals surface area contributed by atoms with Crippen LogP contribution in [0.5, 0.6) is 0 Å². The summed E-state index contributed by atoms with van der Waals surface area (Å²) in [5.74, 6) is 1.20. The van der Waals surface area contributed by atoms with Crippen molar-refractivity contribution < 1.29 is 4.79 Å². The van der Waals surface area contributed by atoms with Gasteiger partial charge in [-0.3, -0.25) is 4.79 Å². The van der Waals surface area contributed by atoms with Crippen LogP contribution in [0.25, 0.3) is 0 Å². The van der Waals surface area contributed by atoms with Gasteiger partial charge in [-0.15, -0.1) is 11.8 Å². The first-order valence-corrected chi connectivity index (χ1v) is 6.56. The molecule has 0 spiro atoms. The number of nitrogens with one attached hydrogen (secondary N) is 1. The molecule has 1 aliphatic heterocycles. The van der Waals surface area contributed by atoms with E-state index in [4.69, 9.17) is 18.0 Å². The molecular weight excluding hydrogens is 228 g/mol. The molecule has 1 amide bonds. The zero-order chi connectivity index (χ0) is 11.5. The molecule has 0 aliphatic carbocycles. The van der Waals surface area contributed by atoms with Gasteiger partial charge in [-0.25, -0.2) is 0 Å². The van der Waals surface area contributed by atoms with E-state index in [1.807, 2.05) is 13.8 Å². The molecule has 0 aromatic carbocycles. The van der Waals surface area contributed by atoms with Crippen LogP contribution in [0.15, 0.2) is 0 Å². The van der Waals surface area contributed by atoms with Gasteiger partial charge in [-0.05, 0) is 32.4 Å². The normalized spacial score (nSPS) is 27.3. The van der Waals surface area contributed by atoms with Crippen LogP contribution >= 0.6 is 24.0 Å². The fourth-order valence-corrected chi connectivity index (χ4v) is 3.16. The van der Waals surface area contributed by atoms with Gasteiger partial charge in [0.2, 0.25) is 5.91 Å². The Morgan fingerprint density at radius 3 is 2.87 bits per heavy atom. The van der Waals surface area contributed by atoms with Gasteiger partial charge in [-0.2, -0.15) is 0 Å². The molecule has 0 saturated carbocycles. The van der Waals surface area contributed by atoms with Gasteiger partial charge in [0.05, 0.1) is 9.74 Å². The Morgan fingerprint density at radius 2 is 2.40 bits per heavy atom. The minimum absolute atomic E-state index is 0.0352. The van der Waals surface area contributed by atoms with E-state index in [0.717, 1.165) is 18.6 Å². The van der Waals surface area contributed by atoms with E-state index < -0.39 is 0 Å². The second kappa shape index (κ2) is 5.16. The summed E-state index contributed by atoms with van der Waals surface area (Å²) < 4.78 is -0.246. The number of nitrogens with two attached hydrogens (primary N) is 1. The molecule has 2 unspecified atom stereocenters. The Labute approximate surface area is 101 Å². The Kier molecular flexibility index (Phi) is 4.40. The molecule has 3 N–H and O–H groups in total. The summed E-state index contributed by atoms with van der Waals surface area (Å²) in [5.41, 5.74) is 5.43. The summed E-state index contributed by atoms with van der Waals surface area (Å²) in [4.78, 5) is 12.4. The van der Waals surface area contributed by atoms with Crippen LogP contribution in [0.4, 0.5) is 0 Å². The lowest BCUT2D eigenvalue weighted by molar-refractivity contribution is -0.123. The van der Waals surface area contributed by atoms with E-state index in [2.05, 4.69) is 5.32 Å². The second-order valence-corrected chi connectivity index (χ2v) is 6.35. The fraction of sp³-hybridized carbons (Fsp3) is 0.800. The average Bonchev–Trinajstić information content (AvgIpc) is 2.51. The maximum absolute atomic E-state index is 11.9. The lowest BCUT2D eigenvalue weighted by atomic mass is 10.0. The summed E-state index contributed by atoms with van der Waals surface area (Å²) >= 11 is 6.55. The minimum Gasteiger partial charge on any atom is -0.393 e. The van der Waals surface area contributed by atoms with Crippen molar-refractivity contribution in [3.63, 3.8) is 0 Å². The Hall–Kier alpha value is -0.290. The molecule has 86 valence electrons. The first-order chi connectivity index (χ1) is 6.94. The second-order valence-electron chi connectivity index (χ2n) is 4.23. The SMILES string of the molecule is CC(CC(N)=S)NC(=O)C1(C)CCCS1. The van der Waals surface area contributed by atoms with Crippen molar-refractivity contribution in [2.24, 2.45) is 5.73 Å². The molecule has 1 rings (SSSR count). The lowest BCUT2D eigenvalue weighted by Gasteiger charge is -2.24. The molecule has 2 atom stereocenters. The van der Waals surface area contributed by atoms with Gasteiger partial charge in [0.15, 0.2) is 0 Å². The van der Waals surface area contributed by atoms with Gasteiger partial charge >= 0.3 is 0 Å². The predicted molar refractivity (Wildman–Crippen MR) is 69.1 cm³/mol. The fourth-order valence-electron chi connectivity index (χ4n) is 1.69. The molecule has 3 nitrogen and oxygen atoms in total. The van der Waals surface area contributed by atoms with Crippen LogP contribution in [0.3, 0.4) is 0 Å². The van der Waals surface area contributed by atoms with Crippen molar-refractivity contribution in [2.75, 3.05) is 5.75 Å². The number of carbonyl (C=O) groups excluding carboxylic acids is 1. The van der Waals surface area contributed by atoms with E-state index in [9.17, 15) is 4.79 Å². The first-order valence-electron chi connectivity index (χ1n) is 5.17. The van der Waals surface area contributed by atoms with Gasteiger partial charge in [0.25, 0.3) is 0 Å². The van der Waals surface area contributed by atoms with Crippen LogP contribution in [0, 0.1) is 0 Å². The van der Waals surface area contributed by atoms with Gasteiger partial charge in [-0.1, -0.05) is 12.2 Å².